The normalized spacial score (nSPS) is 35.1. The first-order chi connectivity index (χ1) is 42.5. The number of ether oxygens (including phenoxy) is 1. The Balaban J connectivity index is 0.00000396. The molecule has 501 valence electrons. The fraction of sp³-hybridized carbons (Fsp3) is 0.613. The first-order valence-corrected chi connectivity index (χ1v) is 31.9. The predicted octanol–water partition coefficient (Wildman–Crippen LogP) is 2.79. The number of allylic oxidation sites excluding steroid dienone is 4. The molecule has 7 aliphatic heterocycles. The molecule has 1 aromatic carbocycles. The van der Waals surface area contributed by atoms with Gasteiger partial charge in [0.05, 0.1) is 47.0 Å². The van der Waals surface area contributed by atoms with Gasteiger partial charge in [-0.3, -0.25) is 53.1 Å². The fourth-order valence-corrected chi connectivity index (χ4v) is 16.7. The molecule has 7 aliphatic rings. The van der Waals surface area contributed by atoms with Crippen molar-refractivity contribution in [3.63, 3.8) is 0 Å². The van der Waals surface area contributed by atoms with E-state index in [1.807, 2.05) is 67.5 Å². The Morgan fingerprint density at radius 3 is 2.14 bits per heavy atom. The Kier molecular flexibility index (Phi) is 21.4. The van der Waals surface area contributed by atoms with Crippen molar-refractivity contribution in [3.8, 4) is 0 Å². The Bertz CT molecular complexity index is 3620. The van der Waals surface area contributed by atoms with Crippen LogP contribution in [0.25, 0.3) is 16.4 Å². The number of aliphatic hydroxyl groups excluding tert-OH is 2. The number of nitrogens with one attached hydrogen (secondary N) is 2. The van der Waals surface area contributed by atoms with Crippen LogP contribution in [0.4, 0.5) is 0 Å². The first-order valence-electron chi connectivity index (χ1n) is 30.4. The van der Waals surface area contributed by atoms with Gasteiger partial charge in [0.2, 0.25) is 41.4 Å². The van der Waals surface area contributed by atoms with E-state index in [4.69, 9.17) is 74.6 Å². The van der Waals surface area contributed by atoms with Crippen molar-refractivity contribution in [2.45, 2.75) is 188 Å². The smallest absolute Gasteiger partial charge is 0.756 e. The number of nitrogens with zero attached hydrogens (tertiary/aromatic N) is 7. The van der Waals surface area contributed by atoms with Crippen LogP contribution in [-0.4, -0.2) is 133 Å². The molecule has 1 aromatic heterocycles. The number of fused-ring (bicyclic) bond motifs is 10. The molecule has 2 aromatic rings. The van der Waals surface area contributed by atoms with Gasteiger partial charge in [0.15, 0.2) is 6.23 Å². The number of aryl methyl sites for hydroxylation is 2. The summed E-state index contributed by atoms with van der Waals surface area (Å²) >= 11 is 0. The molecule has 14 N–H and O–H groups in total. The van der Waals surface area contributed by atoms with Crippen molar-refractivity contribution in [1.82, 2.24) is 20.2 Å². The number of aliphatic imine (C=N–C) groups is 3. The second kappa shape index (κ2) is 27.1. The minimum Gasteiger partial charge on any atom is -0.756 e. The fourth-order valence-electron chi connectivity index (χ4n) is 15.6. The molecule has 1 unspecified atom stereocenters. The summed E-state index contributed by atoms with van der Waals surface area (Å²) in [5, 5.41) is 39.6. The van der Waals surface area contributed by atoms with Crippen LogP contribution in [0.1, 0.15) is 143 Å². The summed E-state index contributed by atoms with van der Waals surface area (Å²) in [6.45, 7) is 21.7. The molecule has 9 rings (SSSR count). The van der Waals surface area contributed by atoms with Gasteiger partial charge in [-0.25, -0.2) is 4.98 Å². The summed E-state index contributed by atoms with van der Waals surface area (Å²) in [4.78, 5) is 129. The number of rotatable bonds is 23. The molecule has 0 aliphatic carbocycles. The first kappa shape index (κ1) is 72.4. The average molecular weight is 1340 g/mol. The number of hydrogen-bond acceptors (Lipinski definition) is 19. The van der Waals surface area contributed by atoms with E-state index in [9.17, 15) is 53.2 Å². The zero-order valence-corrected chi connectivity index (χ0v) is 55.3. The van der Waals surface area contributed by atoms with E-state index < -0.39 is 138 Å². The van der Waals surface area contributed by atoms with Crippen LogP contribution in [-0.2, 0) is 68.7 Å². The molecule has 8 bridgehead atoms. The standard InChI is InChI=1S/C61H86N13O14P.CN.Co/c1-28-19-38-39(20-29(28)2)74(27-68-38)56-51(83)52(40(26-75)86-56)88-89(84,85)87-30(3)25-67-47(81)17-18-57(6)36(21-44(64)78)55-61(10)59(8,24-46(66)80)34(12-15-43(63)77)50(73-61)32(5)54-58(7,23-45(65)79)33(11-14-42(62)76)37(69-54)22-41-60(9)35(13-16-48(82)72-60)49(70-41)31(4)53(57)71-55;1-2;/h19-20,22,27,30,33-36,40,51-52,55-56,75,83H,11-18,21,23-26H2,1-10H3,(H14,62,63,64,65,66,67,69,70,71,72,73,76,77,78,79,80,81,82,84,85);;/q;-1;+2/p-2/t30-,33-,34-,35-,36+,40-,51-,52-,55-,56+,57-,58+,59+,60-,61+;;/m1../s1. The minimum atomic E-state index is -5.31. The molecule has 92 heavy (non-hydrogen) atoms. The van der Waals surface area contributed by atoms with Gasteiger partial charge in [-0.2, -0.15) is 5.70 Å². The number of piperidine rings is 1. The molecule has 0 spiro atoms. The van der Waals surface area contributed by atoms with Crippen molar-refractivity contribution in [1.29, 1.82) is 5.26 Å². The molecular formula is C62H84CoN14O14P-. The van der Waals surface area contributed by atoms with Crippen molar-refractivity contribution < 1.29 is 83.8 Å². The van der Waals surface area contributed by atoms with E-state index in [1.165, 1.54) is 17.8 Å². The van der Waals surface area contributed by atoms with Gasteiger partial charge in [0, 0.05) is 97.3 Å². The van der Waals surface area contributed by atoms with Gasteiger partial charge >= 0.3 is 16.8 Å². The van der Waals surface area contributed by atoms with Gasteiger partial charge in [0.25, 0.3) is 7.82 Å². The van der Waals surface area contributed by atoms with Crippen molar-refractivity contribution in [3.05, 3.63) is 75.8 Å². The summed E-state index contributed by atoms with van der Waals surface area (Å²) in [5.74, 6) is -6.99. The minimum absolute atomic E-state index is 0. The van der Waals surface area contributed by atoms with Crippen LogP contribution in [0.2, 0.25) is 0 Å². The third-order valence-corrected chi connectivity index (χ3v) is 21.7. The average Bonchev–Trinajstić information content (AvgIpc) is 1.53. The van der Waals surface area contributed by atoms with Gasteiger partial charge in [0.1, 0.15) is 18.3 Å². The third-order valence-electron chi connectivity index (χ3n) is 20.6. The van der Waals surface area contributed by atoms with Crippen LogP contribution in [0.15, 0.2) is 67.8 Å². The molecule has 7 amide bonds. The largest absolute Gasteiger partial charge is 2.00 e. The number of primary amides is 5. The Labute approximate surface area is 544 Å². The van der Waals surface area contributed by atoms with Crippen molar-refractivity contribution >= 4 is 77.3 Å². The van der Waals surface area contributed by atoms with Gasteiger partial charge in [-0.05, 0) is 125 Å². The molecule has 30 heteroatoms. The Hall–Kier alpha value is -7.00. The molecule has 1 radical (unpaired) electrons. The number of imidazole rings is 1. The number of aliphatic hydroxyl groups is 2. The second-order valence-electron chi connectivity index (χ2n) is 26.6. The third kappa shape index (κ3) is 13.3. The number of phosphoric ester groups is 1. The summed E-state index contributed by atoms with van der Waals surface area (Å²) < 4.78 is 31.9. The molecule has 0 saturated carbocycles. The summed E-state index contributed by atoms with van der Waals surface area (Å²) in [5.41, 5.74) is 30.5. The van der Waals surface area contributed by atoms with Crippen LogP contribution in [0, 0.1) is 65.6 Å². The summed E-state index contributed by atoms with van der Waals surface area (Å²) in [7, 11) is -5.31. The number of aromatic nitrogens is 2. The quantitative estimate of drug-likeness (QED) is 0.0570. The number of amides is 7. The molecule has 3 fully saturated rings. The van der Waals surface area contributed by atoms with Gasteiger partial charge in [-0.15, -0.1) is 0 Å². The predicted molar refractivity (Wildman–Crippen MR) is 330 cm³/mol. The topological polar surface area (TPSA) is 475 Å². The number of carbonyl (C=O) groups is 7. The Morgan fingerprint density at radius 1 is 0.902 bits per heavy atom. The maximum atomic E-state index is 14.3. The van der Waals surface area contributed by atoms with Crippen LogP contribution in [0.5, 0.6) is 0 Å². The molecule has 8 heterocycles. The number of benzene rings is 1. The summed E-state index contributed by atoms with van der Waals surface area (Å²) in [6, 6.07) is 2.68. The SMILES string of the molecule is C/C1=C2N=C(/C=C3N=C(/C(C)=C4\[N-][C@@](C)([C@@H]5N=C1[C@](C)(CCC(=O)NC[C@@H](C)OP(=O)([O-])O[C@H]1[C@@H](O)[C@@H](n6cnc7cc(C)c(C)cc76)O[C@@H]1CO)[C@H]5CC(N)=O)[C@@](C)(CC(N)=O)[C@@H]4CCC(N)=O)[C@@](C)(CC(N)=O)[C@@H]\3CCC(N)=O)[C@]1(C)NC(=O)CC[C@H]/21.[C-]#N.[Co+2]. The van der Waals surface area contributed by atoms with E-state index in [0.717, 1.165) is 11.1 Å². The van der Waals surface area contributed by atoms with Crippen molar-refractivity contribution in [2.75, 3.05) is 13.2 Å². The van der Waals surface area contributed by atoms with E-state index in [1.54, 1.807) is 13.0 Å². The van der Waals surface area contributed by atoms with Crippen molar-refractivity contribution in [2.24, 2.45) is 83.6 Å². The number of carbonyl (C=O) groups excluding carboxylic acids is 7. The van der Waals surface area contributed by atoms with Gasteiger partial charge in [-0.1, -0.05) is 33.2 Å². The second-order valence-corrected chi connectivity index (χ2v) is 27.9. The van der Waals surface area contributed by atoms with E-state index >= 15 is 0 Å². The van der Waals surface area contributed by atoms with Crippen LogP contribution >= 0.6 is 7.82 Å². The monoisotopic (exact) mass is 1340 g/mol. The van der Waals surface area contributed by atoms with E-state index in [0.29, 0.717) is 62.8 Å². The van der Waals surface area contributed by atoms with Crippen LogP contribution in [0.3, 0.4) is 0 Å². The number of hydrogen-bond donors (Lipinski definition) is 9. The number of nitrogens with two attached hydrogens (primary N) is 5. The molecular weight excluding hydrogens is 1250 g/mol. The zero-order valence-electron chi connectivity index (χ0n) is 53.4. The molecule has 28 nitrogen and oxygen atoms in total. The molecule has 16 atom stereocenters. The van der Waals surface area contributed by atoms with E-state index in [-0.39, 0.29) is 93.4 Å². The molecule has 3 saturated heterocycles. The van der Waals surface area contributed by atoms with Gasteiger partial charge < -0.3 is 89.9 Å². The maximum Gasteiger partial charge on any atom is 2.00 e. The zero-order chi connectivity index (χ0) is 67.4. The maximum absolute atomic E-state index is 14.3. The van der Waals surface area contributed by atoms with Crippen LogP contribution < -0.4 is 44.2 Å². The number of phosphoric acid groups is 1. The summed E-state index contributed by atoms with van der Waals surface area (Å²) in [6.07, 6.45) is -4.46. The Morgan fingerprint density at radius 2 is 1.53 bits per heavy atom. The van der Waals surface area contributed by atoms with E-state index in [2.05, 4.69) is 15.6 Å².